The molecule has 1 aliphatic heterocycles. The lowest BCUT2D eigenvalue weighted by Gasteiger charge is -2.24. The number of nitrogens with zero attached hydrogens (tertiary/aromatic N) is 3. The smallest absolute Gasteiger partial charge is 0.254 e. The van der Waals surface area contributed by atoms with Crippen molar-refractivity contribution in [2.45, 2.75) is 32.2 Å². The lowest BCUT2D eigenvalue weighted by molar-refractivity contribution is -0.119. The van der Waals surface area contributed by atoms with Gasteiger partial charge in [-0.25, -0.2) is 4.98 Å². The molecular formula is C19H24N4O2S. The normalized spacial score (nSPS) is 16.5. The van der Waals surface area contributed by atoms with Gasteiger partial charge in [0.25, 0.3) is 5.91 Å². The second-order valence-corrected chi connectivity index (χ2v) is 7.35. The summed E-state index contributed by atoms with van der Waals surface area (Å²) >= 11 is 1.37. The van der Waals surface area contributed by atoms with Gasteiger partial charge < -0.3 is 15.1 Å². The molecule has 138 valence electrons. The minimum atomic E-state index is -0.436. The number of carbonyl (C=O) groups excluding carboxylic acids is 2. The number of nitrogens with one attached hydrogen (secondary N) is 1. The molecule has 1 aromatic heterocycles. The predicted molar refractivity (Wildman–Crippen MR) is 105 cm³/mol. The van der Waals surface area contributed by atoms with Crippen LogP contribution in [0.5, 0.6) is 0 Å². The molecular weight excluding hydrogens is 348 g/mol. The van der Waals surface area contributed by atoms with Gasteiger partial charge in [0, 0.05) is 43.0 Å². The molecule has 2 aromatic rings. The van der Waals surface area contributed by atoms with Gasteiger partial charge in [0.05, 0.1) is 0 Å². The van der Waals surface area contributed by atoms with Crippen LogP contribution in [-0.2, 0) is 4.79 Å². The molecule has 0 bridgehead atoms. The molecule has 0 saturated carbocycles. The molecule has 6 nitrogen and oxygen atoms in total. The summed E-state index contributed by atoms with van der Waals surface area (Å²) in [5.74, 6) is -0.253. The zero-order valence-corrected chi connectivity index (χ0v) is 16.0. The van der Waals surface area contributed by atoms with Gasteiger partial charge in [0.1, 0.15) is 6.04 Å². The number of amides is 2. The van der Waals surface area contributed by atoms with Gasteiger partial charge in [-0.1, -0.05) is 6.92 Å². The molecule has 0 spiro atoms. The van der Waals surface area contributed by atoms with Crippen molar-refractivity contribution in [2.24, 2.45) is 0 Å². The Morgan fingerprint density at radius 1 is 1.35 bits per heavy atom. The van der Waals surface area contributed by atoms with Crippen LogP contribution in [0.15, 0.2) is 35.8 Å². The standard InChI is InChI=1S/C19H24N4O2S/c1-3-11-22(2)15-8-6-14(7-9-15)18(25)23-12-4-5-16(23)17(24)21-19-20-10-13-26-19/h6-10,13,16H,3-5,11-12H2,1-2H3,(H,20,21,24). The van der Waals surface area contributed by atoms with Crippen molar-refractivity contribution in [3.05, 3.63) is 41.4 Å². The van der Waals surface area contributed by atoms with Crippen LogP contribution in [0.1, 0.15) is 36.5 Å². The SMILES string of the molecule is CCCN(C)c1ccc(C(=O)N2CCCC2C(=O)Nc2nccs2)cc1. The van der Waals surface area contributed by atoms with E-state index in [1.165, 1.54) is 11.3 Å². The molecule has 2 amide bonds. The molecule has 1 fully saturated rings. The zero-order chi connectivity index (χ0) is 18.5. The van der Waals surface area contributed by atoms with Crippen molar-refractivity contribution in [3.63, 3.8) is 0 Å². The number of hydrogen-bond acceptors (Lipinski definition) is 5. The fourth-order valence-electron chi connectivity index (χ4n) is 3.25. The molecule has 1 saturated heterocycles. The van der Waals surface area contributed by atoms with Crippen LogP contribution in [0, 0.1) is 0 Å². The maximum Gasteiger partial charge on any atom is 0.254 e. The van der Waals surface area contributed by atoms with Crippen LogP contribution < -0.4 is 10.2 Å². The van der Waals surface area contributed by atoms with Crippen molar-refractivity contribution >= 4 is 34.0 Å². The number of benzene rings is 1. The van der Waals surface area contributed by atoms with E-state index in [1.807, 2.05) is 36.7 Å². The van der Waals surface area contributed by atoms with Gasteiger partial charge in [-0.3, -0.25) is 9.59 Å². The van der Waals surface area contributed by atoms with Crippen molar-refractivity contribution in [1.82, 2.24) is 9.88 Å². The molecule has 1 N–H and O–H groups in total. The lowest BCUT2D eigenvalue weighted by atomic mass is 10.1. The van der Waals surface area contributed by atoms with E-state index >= 15 is 0 Å². The number of hydrogen-bond donors (Lipinski definition) is 1. The van der Waals surface area contributed by atoms with Gasteiger partial charge in [0.2, 0.25) is 5.91 Å². The third kappa shape index (κ3) is 4.04. The highest BCUT2D eigenvalue weighted by atomic mass is 32.1. The largest absolute Gasteiger partial charge is 0.375 e. The van der Waals surface area contributed by atoms with E-state index < -0.39 is 6.04 Å². The molecule has 26 heavy (non-hydrogen) atoms. The Hall–Kier alpha value is -2.41. The van der Waals surface area contributed by atoms with Crippen molar-refractivity contribution < 1.29 is 9.59 Å². The maximum absolute atomic E-state index is 12.9. The molecule has 3 rings (SSSR count). The van der Waals surface area contributed by atoms with Crippen LogP contribution in [0.4, 0.5) is 10.8 Å². The maximum atomic E-state index is 12.9. The number of rotatable bonds is 6. The van der Waals surface area contributed by atoms with E-state index in [4.69, 9.17) is 0 Å². The Bertz CT molecular complexity index is 745. The summed E-state index contributed by atoms with van der Waals surface area (Å²) < 4.78 is 0. The number of carbonyl (C=O) groups is 2. The van der Waals surface area contributed by atoms with E-state index in [-0.39, 0.29) is 11.8 Å². The third-order valence-corrected chi connectivity index (χ3v) is 5.28. The van der Waals surface area contributed by atoms with Gasteiger partial charge in [0.15, 0.2) is 5.13 Å². The van der Waals surface area contributed by atoms with Gasteiger partial charge in [-0.05, 0) is 43.5 Å². The Kier molecular flexibility index (Phi) is 5.88. The third-order valence-electron chi connectivity index (χ3n) is 4.59. The molecule has 1 aromatic carbocycles. The molecule has 1 unspecified atom stereocenters. The average Bonchev–Trinajstić information content (AvgIpc) is 3.33. The number of anilines is 2. The first kappa shape index (κ1) is 18.4. The Balaban J connectivity index is 1.68. The molecule has 1 aliphatic rings. The minimum Gasteiger partial charge on any atom is -0.375 e. The summed E-state index contributed by atoms with van der Waals surface area (Å²) in [6.07, 6.45) is 4.23. The fourth-order valence-corrected chi connectivity index (χ4v) is 3.78. The second-order valence-electron chi connectivity index (χ2n) is 6.45. The van der Waals surface area contributed by atoms with E-state index in [2.05, 4.69) is 22.1 Å². The average molecular weight is 372 g/mol. The topological polar surface area (TPSA) is 65.5 Å². The Morgan fingerprint density at radius 3 is 2.77 bits per heavy atom. The highest BCUT2D eigenvalue weighted by molar-refractivity contribution is 7.13. The number of aromatic nitrogens is 1. The van der Waals surface area contributed by atoms with E-state index in [1.54, 1.807) is 11.1 Å². The monoisotopic (exact) mass is 372 g/mol. The van der Waals surface area contributed by atoms with E-state index in [0.29, 0.717) is 23.7 Å². The van der Waals surface area contributed by atoms with Gasteiger partial charge in [-0.2, -0.15) is 0 Å². The summed E-state index contributed by atoms with van der Waals surface area (Å²) in [4.78, 5) is 33.3. The number of thiazole rings is 1. The van der Waals surface area contributed by atoms with Crippen LogP contribution in [0.2, 0.25) is 0 Å². The van der Waals surface area contributed by atoms with Crippen LogP contribution in [-0.4, -0.2) is 47.9 Å². The molecule has 0 radical (unpaired) electrons. The lowest BCUT2D eigenvalue weighted by Crippen LogP contribution is -2.43. The highest BCUT2D eigenvalue weighted by Gasteiger charge is 2.34. The summed E-state index contributed by atoms with van der Waals surface area (Å²) in [6.45, 7) is 3.71. The molecule has 0 aliphatic carbocycles. The van der Waals surface area contributed by atoms with E-state index in [9.17, 15) is 9.59 Å². The zero-order valence-electron chi connectivity index (χ0n) is 15.1. The van der Waals surface area contributed by atoms with Crippen LogP contribution >= 0.6 is 11.3 Å². The highest BCUT2D eigenvalue weighted by Crippen LogP contribution is 2.23. The Morgan fingerprint density at radius 2 is 2.12 bits per heavy atom. The summed E-state index contributed by atoms with van der Waals surface area (Å²) in [5.41, 5.74) is 1.70. The van der Waals surface area contributed by atoms with E-state index in [0.717, 1.165) is 25.1 Å². The molecule has 1 atom stereocenters. The number of likely N-dealkylation sites (tertiary alicyclic amines) is 1. The van der Waals surface area contributed by atoms with Crippen molar-refractivity contribution in [3.8, 4) is 0 Å². The second kappa shape index (κ2) is 8.31. The first-order valence-electron chi connectivity index (χ1n) is 8.92. The van der Waals surface area contributed by atoms with Gasteiger partial charge in [-0.15, -0.1) is 11.3 Å². The first-order valence-corrected chi connectivity index (χ1v) is 9.80. The van der Waals surface area contributed by atoms with Gasteiger partial charge >= 0.3 is 0 Å². The quantitative estimate of drug-likeness (QED) is 0.845. The molecule has 2 heterocycles. The van der Waals surface area contributed by atoms with Crippen LogP contribution in [0.25, 0.3) is 0 Å². The summed E-state index contributed by atoms with van der Waals surface area (Å²) in [5, 5.41) is 5.18. The summed E-state index contributed by atoms with van der Waals surface area (Å²) in [6, 6.07) is 7.18. The Labute approximate surface area is 157 Å². The summed E-state index contributed by atoms with van der Waals surface area (Å²) in [7, 11) is 2.04. The molecule has 7 heteroatoms. The van der Waals surface area contributed by atoms with Crippen molar-refractivity contribution in [2.75, 3.05) is 30.4 Å². The first-order chi connectivity index (χ1) is 12.6. The predicted octanol–water partition coefficient (Wildman–Crippen LogP) is 3.23. The minimum absolute atomic E-state index is 0.0912. The van der Waals surface area contributed by atoms with Crippen LogP contribution in [0.3, 0.4) is 0 Å². The fraction of sp³-hybridized carbons (Fsp3) is 0.421. The van der Waals surface area contributed by atoms with Crippen molar-refractivity contribution in [1.29, 1.82) is 0 Å².